The number of nitrogens with one attached hydrogen (secondary N) is 1. The third kappa shape index (κ3) is 3.59. The molecule has 3 N–H and O–H groups in total. The van der Waals surface area contributed by atoms with Crippen molar-refractivity contribution in [1.82, 2.24) is 5.32 Å². The summed E-state index contributed by atoms with van der Waals surface area (Å²) in [4.78, 5) is 12.0. The summed E-state index contributed by atoms with van der Waals surface area (Å²) in [7, 11) is 0. The summed E-state index contributed by atoms with van der Waals surface area (Å²) < 4.78 is 0. The molecule has 100 valence electrons. The SMILES string of the molecule is CC1CCCC(NC(=O)C2(N)CCC2)CC1.Cl. The molecule has 0 saturated heterocycles. The van der Waals surface area contributed by atoms with Crippen LogP contribution in [0.15, 0.2) is 0 Å². The molecule has 0 aromatic carbocycles. The highest BCUT2D eigenvalue weighted by Crippen LogP contribution is 2.30. The largest absolute Gasteiger partial charge is 0.352 e. The van der Waals surface area contributed by atoms with Crippen LogP contribution in [-0.4, -0.2) is 17.5 Å². The number of carbonyl (C=O) groups is 1. The van der Waals surface area contributed by atoms with E-state index in [0.29, 0.717) is 6.04 Å². The number of nitrogens with two attached hydrogens (primary N) is 1. The van der Waals surface area contributed by atoms with Gasteiger partial charge in [-0.25, -0.2) is 0 Å². The molecule has 0 aromatic heterocycles. The Balaban J connectivity index is 0.00000144. The number of halogens is 1. The first kappa shape index (κ1) is 14.8. The molecule has 1 amide bonds. The Morgan fingerprint density at radius 1 is 1.18 bits per heavy atom. The molecule has 0 heterocycles. The van der Waals surface area contributed by atoms with Gasteiger partial charge in [-0.2, -0.15) is 0 Å². The van der Waals surface area contributed by atoms with Crippen molar-refractivity contribution in [2.75, 3.05) is 0 Å². The van der Waals surface area contributed by atoms with Crippen LogP contribution in [0.5, 0.6) is 0 Å². The fraction of sp³-hybridized carbons (Fsp3) is 0.923. The number of carbonyl (C=O) groups excluding carboxylic acids is 1. The van der Waals surface area contributed by atoms with Gasteiger partial charge in [-0.05, 0) is 44.4 Å². The van der Waals surface area contributed by atoms with E-state index in [9.17, 15) is 4.79 Å². The van der Waals surface area contributed by atoms with E-state index in [2.05, 4.69) is 12.2 Å². The topological polar surface area (TPSA) is 55.1 Å². The second-order valence-corrected chi connectivity index (χ2v) is 5.79. The molecule has 17 heavy (non-hydrogen) atoms. The predicted molar refractivity (Wildman–Crippen MR) is 72.2 cm³/mol. The molecular weight excluding hydrogens is 236 g/mol. The van der Waals surface area contributed by atoms with Crippen LogP contribution in [0, 0.1) is 5.92 Å². The zero-order valence-corrected chi connectivity index (χ0v) is 11.5. The van der Waals surface area contributed by atoms with Crippen molar-refractivity contribution >= 4 is 18.3 Å². The quantitative estimate of drug-likeness (QED) is 0.749. The molecule has 0 spiro atoms. The second kappa shape index (κ2) is 6.05. The Kier molecular flexibility index (Phi) is 5.26. The molecule has 2 atom stereocenters. The fourth-order valence-corrected chi connectivity index (χ4v) is 2.75. The van der Waals surface area contributed by atoms with E-state index in [4.69, 9.17) is 5.73 Å². The average Bonchev–Trinajstić information content (AvgIpc) is 2.40. The number of hydrogen-bond donors (Lipinski definition) is 2. The molecule has 4 heteroatoms. The van der Waals surface area contributed by atoms with Gasteiger partial charge in [0.1, 0.15) is 0 Å². The smallest absolute Gasteiger partial charge is 0.240 e. The summed E-state index contributed by atoms with van der Waals surface area (Å²) in [5, 5.41) is 3.16. The Labute approximate surface area is 110 Å². The van der Waals surface area contributed by atoms with Crippen molar-refractivity contribution in [3.05, 3.63) is 0 Å². The molecule has 2 aliphatic carbocycles. The Hall–Kier alpha value is -0.280. The van der Waals surface area contributed by atoms with Crippen molar-refractivity contribution in [3.8, 4) is 0 Å². The first-order valence-electron chi connectivity index (χ1n) is 6.70. The lowest BCUT2D eigenvalue weighted by molar-refractivity contribution is -0.130. The first-order chi connectivity index (χ1) is 7.60. The van der Waals surface area contributed by atoms with Gasteiger partial charge in [-0.1, -0.05) is 19.8 Å². The first-order valence-corrected chi connectivity index (χ1v) is 6.70. The normalized spacial score (nSPS) is 31.6. The molecule has 2 unspecified atom stereocenters. The molecule has 3 nitrogen and oxygen atoms in total. The summed E-state index contributed by atoms with van der Waals surface area (Å²) in [5.41, 5.74) is 5.49. The van der Waals surface area contributed by atoms with E-state index in [-0.39, 0.29) is 18.3 Å². The molecule has 0 bridgehead atoms. The van der Waals surface area contributed by atoms with Gasteiger partial charge in [-0.3, -0.25) is 4.79 Å². The standard InChI is InChI=1S/C13H24N2O.ClH/c1-10-4-2-5-11(7-6-10)15-12(16)13(14)8-3-9-13;/h10-11H,2-9,14H2,1H3,(H,15,16);1H. The van der Waals surface area contributed by atoms with Gasteiger partial charge in [0, 0.05) is 6.04 Å². The maximum absolute atomic E-state index is 12.0. The van der Waals surface area contributed by atoms with Gasteiger partial charge in [0.05, 0.1) is 5.54 Å². The lowest BCUT2D eigenvalue weighted by atomic mass is 9.77. The zero-order valence-electron chi connectivity index (χ0n) is 10.7. The van der Waals surface area contributed by atoms with Crippen LogP contribution in [0.2, 0.25) is 0 Å². The number of hydrogen-bond acceptors (Lipinski definition) is 2. The van der Waals surface area contributed by atoms with Crippen molar-refractivity contribution in [1.29, 1.82) is 0 Å². The molecule has 0 aromatic rings. The van der Waals surface area contributed by atoms with Crippen LogP contribution >= 0.6 is 12.4 Å². The molecule has 2 aliphatic rings. The van der Waals surface area contributed by atoms with Gasteiger partial charge < -0.3 is 11.1 Å². The molecule has 2 saturated carbocycles. The Morgan fingerprint density at radius 3 is 2.47 bits per heavy atom. The highest BCUT2D eigenvalue weighted by atomic mass is 35.5. The minimum atomic E-state index is -0.530. The average molecular weight is 261 g/mol. The third-order valence-corrected chi connectivity index (χ3v) is 4.29. The van der Waals surface area contributed by atoms with Gasteiger partial charge in [0.2, 0.25) is 5.91 Å². The maximum atomic E-state index is 12.0. The highest BCUT2D eigenvalue weighted by Gasteiger charge is 2.40. The fourth-order valence-electron chi connectivity index (χ4n) is 2.75. The molecular formula is C13H25ClN2O. The van der Waals surface area contributed by atoms with Gasteiger partial charge in [0.25, 0.3) is 0 Å². The highest BCUT2D eigenvalue weighted by molar-refractivity contribution is 5.87. The molecule has 2 rings (SSSR count). The van der Waals surface area contributed by atoms with Crippen LogP contribution in [-0.2, 0) is 4.79 Å². The van der Waals surface area contributed by atoms with Gasteiger partial charge >= 0.3 is 0 Å². The third-order valence-electron chi connectivity index (χ3n) is 4.29. The second-order valence-electron chi connectivity index (χ2n) is 5.79. The minimum Gasteiger partial charge on any atom is -0.352 e. The van der Waals surface area contributed by atoms with Gasteiger partial charge in [-0.15, -0.1) is 12.4 Å². The van der Waals surface area contributed by atoms with Crippen LogP contribution in [0.3, 0.4) is 0 Å². The summed E-state index contributed by atoms with van der Waals surface area (Å²) >= 11 is 0. The molecule has 0 aliphatic heterocycles. The monoisotopic (exact) mass is 260 g/mol. The summed E-state index contributed by atoms with van der Waals surface area (Å²) in [6.07, 6.45) is 8.87. The summed E-state index contributed by atoms with van der Waals surface area (Å²) in [5.74, 6) is 0.913. The van der Waals surface area contributed by atoms with E-state index in [1.165, 1.54) is 19.3 Å². The van der Waals surface area contributed by atoms with Crippen LogP contribution < -0.4 is 11.1 Å². The Bertz CT molecular complexity index is 266. The van der Waals surface area contributed by atoms with E-state index < -0.39 is 5.54 Å². The van der Waals surface area contributed by atoms with Crippen molar-refractivity contribution in [2.45, 2.75) is 69.9 Å². The van der Waals surface area contributed by atoms with E-state index in [1.54, 1.807) is 0 Å². The number of rotatable bonds is 2. The lowest BCUT2D eigenvalue weighted by Gasteiger charge is -2.37. The van der Waals surface area contributed by atoms with Crippen LogP contribution in [0.25, 0.3) is 0 Å². The molecule has 2 fully saturated rings. The predicted octanol–water partition coefficient (Wildman–Crippen LogP) is 2.37. The minimum absolute atomic E-state index is 0. The Morgan fingerprint density at radius 2 is 1.88 bits per heavy atom. The lowest BCUT2D eigenvalue weighted by Crippen LogP contribution is -2.60. The van der Waals surface area contributed by atoms with E-state index in [0.717, 1.165) is 38.0 Å². The molecule has 0 radical (unpaired) electrons. The van der Waals surface area contributed by atoms with Crippen LogP contribution in [0.4, 0.5) is 0 Å². The van der Waals surface area contributed by atoms with E-state index in [1.807, 2.05) is 0 Å². The van der Waals surface area contributed by atoms with Crippen molar-refractivity contribution in [3.63, 3.8) is 0 Å². The maximum Gasteiger partial charge on any atom is 0.240 e. The van der Waals surface area contributed by atoms with E-state index >= 15 is 0 Å². The zero-order chi connectivity index (χ0) is 11.6. The van der Waals surface area contributed by atoms with Crippen molar-refractivity contribution in [2.24, 2.45) is 11.7 Å². The summed E-state index contributed by atoms with van der Waals surface area (Å²) in [6, 6.07) is 0.374. The summed E-state index contributed by atoms with van der Waals surface area (Å²) in [6.45, 7) is 2.31. The van der Waals surface area contributed by atoms with Crippen LogP contribution in [0.1, 0.15) is 58.3 Å². The van der Waals surface area contributed by atoms with Gasteiger partial charge in [0.15, 0.2) is 0 Å². The van der Waals surface area contributed by atoms with Crippen molar-refractivity contribution < 1.29 is 4.79 Å². The number of amides is 1.